The summed E-state index contributed by atoms with van der Waals surface area (Å²) in [4.78, 5) is 24.8. The molecule has 1 saturated heterocycles. The second kappa shape index (κ2) is 9.34. The van der Waals surface area contributed by atoms with Crippen molar-refractivity contribution in [3.8, 4) is 5.75 Å². The van der Waals surface area contributed by atoms with Crippen LogP contribution in [0.3, 0.4) is 0 Å². The Hall–Kier alpha value is -2.13. The Balaban J connectivity index is 1.45. The Morgan fingerprint density at radius 1 is 1.23 bits per heavy atom. The molecule has 1 aromatic rings. The lowest BCUT2D eigenvalue weighted by Crippen LogP contribution is -2.59. The molecular formula is C21H27F3N2O4. The van der Waals surface area contributed by atoms with Gasteiger partial charge in [-0.3, -0.25) is 4.79 Å². The van der Waals surface area contributed by atoms with Crippen LogP contribution in [0.1, 0.15) is 32.6 Å². The molecule has 1 heterocycles. The summed E-state index contributed by atoms with van der Waals surface area (Å²) in [6, 6.07) is 1.19. The Labute approximate surface area is 173 Å². The van der Waals surface area contributed by atoms with Crippen LogP contribution in [0.25, 0.3) is 0 Å². The van der Waals surface area contributed by atoms with Crippen LogP contribution < -0.4 is 10.5 Å². The summed E-state index contributed by atoms with van der Waals surface area (Å²) in [7, 11) is 0. The van der Waals surface area contributed by atoms with Gasteiger partial charge in [-0.05, 0) is 38.5 Å². The average molecular weight is 428 g/mol. The average Bonchev–Trinajstić information content (AvgIpc) is 2.69. The van der Waals surface area contributed by atoms with Gasteiger partial charge in [0.25, 0.3) is 0 Å². The van der Waals surface area contributed by atoms with E-state index in [0.29, 0.717) is 57.2 Å². The van der Waals surface area contributed by atoms with Gasteiger partial charge < -0.3 is 24.9 Å². The van der Waals surface area contributed by atoms with Crippen molar-refractivity contribution in [2.75, 3.05) is 26.3 Å². The largest absolute Gasteiger partial charge is 0.487 e. The van der Waals surface area contributed by atoms with E-state index in [1.54, 1.807) is 11.8 Å². The maximum atomic E-state index is 13.8. The Morgan fingerprint density at radius 3 is 2.50 bits per heavy atom. The predicted molar refractivity (Wildman–Crippen MR) is 102 cm³/mol. The maximum Gasteiger partial charge on any atom is 0.225 e. The van der Waals surface area contributed by atoms with E-state index in [4.69, 9.17) is 15.2 Å². The first-order valence-electron chi connectivity index (χ1n) is 10.1. The highest BCUT2D eigenvalue weighted by atomic mass is 19.2. The first-order valence-corrected chi connectivity index (χ1v) is 10.1. The van der Waals surface area contributed by atoms with Gasteiger partial charge in [0.05, 0.1) is 12.7 Å². The molecule has 1 amide bonds. The van der Waals surface area contributed by atoms with Crippen LogP contribution in [0.5, 0.6) is 5.75 Å². The van der Waals surface area contributed by atoms with Crippen molar-refractivity contribution in [2.24, 2.45) is 17.6 Å². The van der Waals surface area contributed by atoms with E-state index in [1.165, 1.54) is 0 Å². The third-order valence-corrected chi connectivity index (χ3v) is 6.03. The molecule has 2 N–H and O–H groups in total. The number of nitrogens with two attached hydrogens (primary N) is 1. The highest BCUT2D eigenvalue weighted by Crippen LogP contribution is 2.38. The van der Waals surface area contributed by atoms with Crippen LogP contribution in [0.4, 0.5) is 13.2 Å². The molecule has 1 aliphatic heterocycles. The van der Waals surface area contributed by atoms with Gasteiger partial charge in [-0.2, -0.15) is 0 Å². The summed E-state index contributed by atoms with van der Waals surface area (Å²) >= 11 is 0. The molecule has 1 saturated carbocycles. The third kappa shape index (κ3) is 5.13. The van der Waals surface area contributed by atoms with Gasteiger partial charge in [-0.15, -0.1) is 0 Å². The number of likely N-dealkylation sites (tertiary alicyclic amines) is 1. The van der Waals surface area contributed by atoms with E-state index in [2.05, 4.69) is 0 Å². The molecule has 9 heteroatoms. The van der Waals surface area contributed by atoms with Gasteiger partial charge in [-0.25, -0.2) is 13.2 Å². The second-order valence-electron chi connectivity index (χ2n) is 8.33. The third-order valence-electron chi connectivity index (χ3n) is 6.03. The normalized spacial score (nSPS) is 25.5. The monoisotopic (exact) mass is 428 g/mol. The number of carbonyl (C=O) groups excluding carboxylic acids is 2. The zero-order valence-electron chi connectivity index (χ0n) is 16.9. The Morgan fingerprint density at radius 2 is 1.87 bits per heavy atom. The lowest BCUT2D eigenvalue weighted by Gasteiger charge is -2.46. The summed E-state index contributed by atoms with van der Waals surface area (Å²) in [5.74, 6) is -3.69. The van der Waals surface area contributed by atoms with Gasteiger partial charge >= 0.3 is 0 Å². The van der Waals surface area contributed by atoms with Crippen molar-refractivity contribution in [1.82, 2.24) is 4.90 Å². The van der Waals surface area contributed by atoms with Gasteiger partial charge in [0.1, 0.15) is 12.9 Å². The molecular weight excluding hydrogens is 401 g/mol. The van der Waals surface area contributed by atoms with Crippen LogP contribution in [-0.2, 0) is 14.3 Å². The lowest BCUT2D eigenvalue weighted by molar-refractivity contribution is -0.144. The minimum atomic E-state index is -1.26. The van der Waals surface area contributed by atoms with Crippen molar-refractivity contribution in [3.63, 3.8) is 0 Å². The molecule has 2 aliphatic rings. The first-order chi connectivity index (χ1) is 14.2. The number of nitrogens with zero attached hydrogens (tertiary/aromatic N) is 1. The molecule has 1 aliphatic carbocycles. The topological polar surface area (TPSA) is 81.9 Å². The molecule has 166 valence electrons. The van der Waals surface area contributed by atoms with Crippen molar-refractivity contribution in [1.29, 1.82) is 0 Å². The highest BCUT2D eigenvalue weighted by molar-refractivity contribution is 5.80. The van der Waals surface area contributed by atoms with Crippen LogP contribution in [0.15, 0.2) is 12.1 Å². The number of carbonyl (C=O) groups is 2. The number of amides is 1. The fourth-order valence-corrected chi connectivity index (χ4v) is 4.26. The van der Waals surface area contributed by atoms with E-state index in [-0.39, 0.29) is 36.7 Å². The lowest BCUT2D eigenvalue weighted by atomic mass is 9.68. The van der Waals surface area contributed by atoms with Gasteiger partial charge in [0, 0.05) is 36.7 Å². The second-order valence-corrected chi connectivity index (χ2v) is 8.33. The summed E-state index contributed by atoms with van der Waals surface area (Å²) in [6.45, 7) is 3.12. The van der Waals surface area contributed by atoms with Crippen molar-refractivity contribution < 1.29 is 32.2 Å². The number of piperidine rings is 1. The predicted octanol–water partition coefficient (Wildman–Crippen LogP) is 2.43. The highest BCUT2D eigenvalue weighted by Gasteiger charge is 2.46. The van der Waals surface area contributed by atoms with Crippen LogP contribution in [0, 0.1) is 29.3 Å². The fourth-order valence-electron chi connectivity index (χ4n) is 4.26. The SMILES string of the molecule is CC(Oc1cc(F)c(F)cc1F)C1CCN(C(=O)[C@H]2C[C@](N)(COCC=O)C2)CC1. The molecule has 1 atom stereocenters. The molecule has 1 unspecified atom stereocenters. The van der Waals surface area contributed by atoms with Gasteiger partial charge in [0.2, 0.25) is 5.91 Å². The van der Waals surface area contributed by atoms with E-state index < -0.39 is 29.1 Å². The van der Waals surface area contributed by atoms with E-state index >= 15 is 0 Å². The smallest absolute Gasteiger partial charge is 0.225 e. The fraction of sp³-hybridized carbons (Fsp3) is 0.619. The molecule has 6 nitrogen and oxygen atoms in total. The van der Waals surface area contributed by atoms with E-state index in [0.717, 1.165) is 0 Å². The number of halogens is 3. The van der Waals surface area contributed by atoms with Crippen LogP contribution >= 0.6 is 0 Å². The van der Waals surface area contributed by atoms with E-state index in [9.17, 15) is 22.8 Å². The van der Waals surface area contributed by atoms with Gasteiger partial charge in [0.15, 0.2) is 23.2 Å². The molecule has 0 aromatic heterocycles. The molecule has 2 fully saturated rings. The number of hydrogen-bond acceptors (Lipinski definition) is 5. The number of ether oxygens (including phenoxy) is 2. The summed E-state index contributed by atoms with van der Waals surface area (Å²) in [5, 5.41) is 0. The maximum absolute atomic E-state index is 13.8. The number of aldehydes is 1. The molecule has 0 radical (unpaired) electrons. The minimum absolute atomic E-state index is 0.000204. The Bertz CT molecular complexity index is 778. The Kier molecular flexibility index (Phi) is 7.02. The van der Waals surface area contributed by atoms with E-state index in [1.807, 2.05) is 0 Å². The number of rotatable bonds is 8. The minimum Gasteiger partial charge on any atom is -0.487 e. The van der Waals surface area contributed by atoms with Crippen molar-refractivity contribution in [3.05, 3.63) is 29.6 Å². The van der Waals surface area contributed by atoms with Crippen LogP contribution in [0.2, 0.25) is 0 Å². The quantitative estimate of drug-likeness (QED) is 0.391. The number of benzene rings is 1. The zero-order valence-corrected chi connectivity index (χ0v) is 16.9. The van der Waals surface area contributed by atoms with Crippen molar-refractivity contribution in [2.45, 2.75) is 44.2 Å². The summed E-state index contributed by atoms with van der Waals surface area (Å²) in [6.07, 6.45) is 2.65. The first kappa shape index (κ1) is 22.6. The molecule has 30 heavy (non-hydrogen) atoms. The molecule has 1 aromatic carbocycles. The standard InChI is InChI=1S/C21H27F3N2O4/c1-13(30-19-9-17(23)16(22)8-18(19)24)14-2-4-26(5-3-14)20(28)15-10-21(25,11-15)12-29-7-6-27/h6,8-9,13-15H,2-5,7,10-12,25H2,1H3/t13?,15-,21+. The molecule has 0 bridgehead atoms. The molecule has 3 rings (SSSR count). The molecule has 0 spiro atoms. The zero-order chi connectivity index (χ0) is 21.9. The van der Waals surface area contributed by atoms with Gasteiger partial charge in [-0.1, -0.05) is 0 Å². The summed E-state index contributed by atoms with van der Waals surface area (Å²) < 4.78 is 50.9. The van der Waals surface area contributed by atoms with Crippen molar-refractivity contribution >= 4 is 12.2 Å². The summed E-state index contributed by atoms with van der Waals surface area (Å²) in [5.41, 5.74) is 5.60. The number of hydrogen-bond donors (Lipinski definition) is 1. The van der Waals surface area contributed by atoms with Crippen LogP contribution in [-0.4, -0.2) is 55.0 Å².